The summed E-state index contributed by atoms with van der Waals surface area (Å²) in [6.45, 7) is 3.53. The smallest absolute Gasteiger partial charge is 0.230 e. The monoisotopic (exact) mass is 558 g/mol. The summed E-state index contributed by atoms with van der Waals surface area (Å²) in [5, 5.41) is 33.7. The van der Waals surface area contributed by atoms with Gasteiger partial charge >= 0.3 is 0 Å². The molecule has 40 heavy (non-hydrogen) atoms. The second kappa shape index (κ2) is 13.9. The van der Waals surface area contributed by atoms with Crippen LogP contribution in [0, 0.1) is 0 Å². The van der Waals surface area contributed by atoms with Crippen LogP contribution in [0.3, 0.4) is 0 Å². The van der Waals surface area contributed by atoms with Gasteiger partial charge in [0.15, 0.2) is 5.82 Å². The second-order valence-electron chi connectivity index (χ2n) is 10.4. The molecule has 0 bridgehead atoms. The molecule has 2 heterocycles. The third-order valence-corrected chi connectivity index (χ3v) is 6.87. The van der Waals surface area contributed by atoms with Gasteiger partial charge in [-0.25, -0.2) is 0 Å². The SMILES string of the molecule is CC(C)(O)Cc1cccc(CC(=O)Nc2nnc(CCCCc3ccc(NC(=O)Cc4ccccc4)nn3)s2)c1. The predicted molar refractivity (Wildman–Crippen MR) is 156 cm³/mol. The summed E-state index contributed by atoms with van der Waals surface area (Å²) in [7, 11) is 0. The molecule has 0 saturated heterocycles. The quantitative estimate of drug-likeness (QED) is 0.205. The Kier molecular flexibility index (Phi) is 10.0. The van der Waals surface area contributed by atoms with Gasteiger partial charge in [-0.1, -0.05) is 65.9 Å². The topological polar surface area (TPSA) is 130 Å². The Morgan fingerprint density at radius 1 is 0.775 bits per heavy atom. The van der Waals surface area contributed by atoms with Crippen molar-refractivity contribution in [2.75, 3.05) is 10.6 Å². The molecule has 3 N–H and O–H groups in total. The van der Waals surface area contributed by atoms with E-state index in [4.69, 9.17) is 0 Å². The third kappa shape index (κ3) is 9.94. The molecule has 4 aromatic rings. The van der Waals surface area contributed by atoms with Crippen molar-refractivity contribution in [3.8, 4) is 0 Å². The maximum absolute atomic E-state index is 12.5. The minimum Gasteiger partial charge on any atom is -0.390 e. The maximum atomic E-state index is 12.5. The molecule has 0 aliphatic carbocycles. The van der Waals surface area contributed by atoms with E-state index < -0.39 is 5.60 Å². The van der Waals surface area contributed by atoms with Crippen molar-refractivity contribution < 1.29 is 14.7 Å². The fourth-order valence-corrected chi connectivity index (χ4v) is 5.01. The number of aliphatic hydroxyl groups is 1. The van der Waals surface area contributed by atoms with Crippen molar-refractivity contribution in [2.24, 2.45) is 0 Å². The zero-order valence-electron chi connectivity index (χ0n) is 22.8. The van der Waals surface area contributed by atoms with Crippen molar-refractivity contribution in [1.82, 2.24) is 20.4 Å². The number of hydrogen-bond donors (Lipinski definition) is 3. The van der Waals surface area contributed by atoms with E-state index in [1.54, 1.807) is 19.9 Å². The lowest BCUT2D eigenvalue weighted by Gasteiger charge is -2.17. The van der Waals surface area contributed by atoms with Crippen molar-refractivity contribution in [3.05, 3.63) is 94.1 Å². The molecule has 0 spiro atoms. The largest absolute Gasteiger partial charge is 0.390 e. The molecule has 2 aromatic heterocycles. The molecule has 4 rings (SSSR count). The summed E-state index contributed by atoms with van der Waals surface area (Å²) in [6, 6.07) is 20.9. The average molecular weight is 559 g/mol. The molecule has 0 radical (unpaired) electrons. The van der Waals surface area contributed by atoms with E-state index in [1.165, 1.54) is 11.3 Å². The van der Waals surface area contributed by atoms with Crippen LogP contribution in [0.1, 0.15) is 54.1 Å². The number of nitrogens with one attached hydrogen (secondary N) is 2. The van der Waals surface area contributed by atoms with E-state index in [-0.39, 0.29) is 18.2 Å². The standard InChI is InChI=1S/C30H34N6O3S/c1-30(2,39)20-23-12-8-11-22(17-23)19-27(38)32-29-36-35-28(40-29)14-7-6-13-24-15-16-25(34-33-24)31-26(37)18-21-9-4-3-5-10-21/h3-5,8-12,15-17,39H,6-7,13-14,18-20H2,1-2H3,(H,31,34,37)(H,32,36,38). The van der Waals surface area contributed by atoms with Crippen LogP contribution in [0.5, 0.6) is 0 Å². The first-order valence-electron chi connectivity index (χ1n) is 13.3. The molecule has 0 fully saturated rings. The molecule has 0 atom stereocenters. The molecule has 0 unspecified atom stereocenters. The fourth-order valence-electron chi connectivity index (χ4n) is 4.21. The van der Waals surface area contributed by atoms with E-state index in [0.29, 0.717) is 23.8 Å². The normalized spacial score (nSPS) is 11.3. The summed E-state index contributed by atoms with van der Waals surface area (Å²) in [5.74, 6) is 0.161. The minimum atomic E-state index is -0.802. The summed E-state index contributed by atoms with van der Waals surface area (Å²) in [6.07, 6.45) is 4.36. The van der Waals surface area contributed by atoms with Crippen LogP contribution in [-0.4, -0.2) is 42.9 Å². The summed E-state index contributed by atoms with van der Waals surface area (Å²) >= 11 is 1.38. The number of aromatic nitrogens is 4. The highest BCUT2D eigenvalue weighted by molar-refractivity contribution is 7.15. The Morgan fingerprint density at radius 2 is 1.48 bits per heavy atom. The van der Waals surface area contributed by atoms with Crippen LogP contribution in [0.25, 0.3) is 0 Å². The van der Waals surface area contributed by atoms with Gasteiger partial charge in [0.2, 0.25) is 16.9 Å². The highest BCUT2D eigenvalue weighted by atomic mass is 32.1. The lowest BCUT2D eigenvalue weighted by molar-refractivity contribution is -0.116. The van der Waals surface area contributed by atoms with Crippen LogP contribution in [0.4, 0.5) is 10.9 Å². The van der Waals surface area contributed by atoms with Gasteiger partial charge < -0.3 is 15.7 Å². The average Bonchev–Trinajstić information content (AvgIpc) is 3.34. The molecule has 10 heteroatoms. The zero-order valence-corrected chi connectivity index (χ0v) is 23.6. The third-order valence-electron chi connectivity index (χ3n) is 5.97. The first kappa shape index (κ1) is 29.0. The first-order valence-corrected chi connectivity index (χ1v) is 14.1. The van der Waals surface area contributed by atoms with Gasteiger partial charge in [0.05, 0.1) is 24.1 Å². The Bertz CT molecular complexity index is 1400. The number of anilines is 2. The number of unbranched alkanes of at least 4 members (excludes halogenated alkanes) is 1. The van der Waals surface area contributed by atoms with E-state index in [9.17, 15) is 14.7 Å². The fraction of sp³-hybridized carbons (Fsp3) is 0.333. The van der Waals surface area contributed by atoms with E-state index >= 15 is 0 Å². The highest BCUT2D eigenvalue weighted by Gasteiger charge is 2.15. The molecule has 0 aliphatic heterocycles. The maximum Gasteiger partial charge on any atom is 0.230 e. The second-order valence-corrected chi connectivity index (χ2v) is 11.4. The van der Waals surface area contributed by atoms with Crippen LogP contribution in [0.2, 0.25) is 0 Å². The summed E-state index contributed by atoms with van der Waals surface area (Å²) in [5.41, 5.74) is 2.87. The molecule has 9 nitrogen and oxygen atoms in total. The van der Waals surface area contributed by atoms with Crippen LogP contribution in [0.15, 0.2) is 66.7 Å². The number of benzene rings is 2. The number of hydrogen-bond acceptors (Lipinski definition) is 8. The molecule has 0 saturated carbocycles. The summed E-state index contributed by atoms with van der Waals surface area (Å²) in [4.78, 5) is 24.7. The lowest BCUT2D eigenvalue weighted by atomic mass is 9.97. The van der Waals surface area contributed by atoms with Gasteiger partial charge in [0.25, 0.3) is 0 Å². The number of aryl methyl sites for hydroxylation is 2. The Balaban J connectivity index is 1.15. The van der Waals surface area contributed by atoms with Crippen LogP contribution >= 0.6 is 11.3 Å². The van der Waals surface area contributed by atoms with E-state index in [0.717, 1.165) is 53.1 Å². The minimum absolute atomic E-state index is 0.128. The molecular formula is C30H34N6O3S. The van der Waals surface area contributed by atoms with Gasteiger partial charge in [0.1, 0.15) is 5.01 Å². The van der Waals surface area contributed by atoms with Crippen molar-refractivity contribution in [3.63, 3.8) is 0 Å². The highest BCUT2D eigenvalue weighted by Crippen LogP contribution is 2.19. The molecule has 0 aliphatic rings. The molecular weight excluding hydrogens is 524 g/mol. The van der Waals surface area contributed by atoms with Crippen molar-refractivity contribution >= 4 is 34.1 Å². The predicted octanol–water partition coefficient (Wildman–Crippen LogP) is 4.57. The van der Waals surface area contributed by atoms with Gasteiger partial charge in [-0.05, 0) is 61.9 Å². The van der Waals surface area contributed by atoms with Crippen molar-refractivity contribution in [2.45, 2.75) is 64.4 Å². The van der Waals surface area contributed by atoms with Gasteiger partial charge in [-0.3, -0.25) is 9.59 Å². The number of rotatable bonds is 13. The van der Waals surface area contributed by atoms with Gasteiger partial charge in [-0.2, -0.15) is 5.10 Å². The van der Waals surface area contributed by atoms with Crippen LogP contribution in [-0.2, 0) is 41.7 Å². The van der Waals surface area contributed by atoms with E-state index in [1.807, 2.05) is 60.7 Å². The zero-order chi connectivity index (χ0) is 28.4. The Labute approximate surface area is 238 Å². The van der Waals surface area contributed by atoms with E-state index in [2.05, 4.69) is 31.0 Å². The van der Waals surface area contributed by atoms with Crippen molar-refractivity contribution in [1.29, 1.82) is 0 Å². The summed E-state index contributed by atoms with van der Waals surface area (Å²) < 4.78 is 0. The molecule has 2 aromatic carbocycles. The Morgan fingerprint density at radius 3 is 2.23 bits per heavy atom. The molecule has 2 amide bonds. The first-order chi connectivity index (χ1) is 19.2. The lowest BCUT2D eigenvalue weighted by Crippen LogP contribution is -2.22. The number of carbonyl (C=O) groups excluding carboxylic acids is 2. The van der Waals surface area contributed by atoms with Gasteiger partial charge in [-0.15, -0.1) is 15.3 Å². The number of amides is 2. The van der Waals surface area contributed by atoms with Crippen LogP contribution < -0.4 is 10.6 Å². The Hall–Kier alpha value is -4.02. The number of carbonyl (C=O) groups is 2. The van der Waals surface area contributed by atoms with Gasteiger partial charge in [0, 0.05) is 12.8 Å². The molecule has 208 valence electrons. The number of nitrogens with zero attached hydrogens (tertiary/aromatic N) is 4.